The standard InChI is InChI=1S/C9H8N4O/c1(3-9-4-2-6-14-9)5-12-13-7-10-11-8-13/h1-8H/b3-1+,12-5?. The van der Waals surface area contributed by atoms with Crippen LogP contribution < -0.4 is 0 Å². The van der Waals surface area contributed by atoms with Gasteiger partial charge in [0, 0.05) is 6.21 Å². The highest BCUT2D eigenvalue weighted by Gasteiger charge is 1.84. The molecule has 5 heteroatoms. The molecule has 2 rings (SSSR count). The second kappa shape index (κ2) is 4.18. The normalized spacial score (nSPS) is 11.7. The molecule has 0 atom stereocenters. The topological polar surface area (TPSA) is 56.2 Å². The average Bonchev–Trinajstić information content (AvgIpc) is 2.86. The minimum Gasteiger partial charge on any atom is -0.465 e. The van der Waals surface area contributed by atoms with E-state index >= 15 is 0 Å². The lowest BCUT2D eigenvalue weighted by atomic mass is 10.4. The monoisotopic (exact) mass is 188 g/mol. The maximum atomic E-state index is 5.09. The van der Waals surface area contributed by atoms with Crippen LogP contribution in [0, 0.1) is 0 Å². The first-order valence-electron chi connectivity index (χ1n) is 4.04. The van der Waals surface area contributed by atoms with Crippen LogP contribution in [0.1, 0.15) is 5.76 Å². The van der Waals surface area contributed by atoms with Crippen molar-refractivity contribution in [2.24, 2.45) is 5.10 Å². The fourth-order valence-corrected chi connectivity index (χ4v) is 0.894. The molecular weight excluding hydrogens is 180 g/mol. The SMILES string of the molecule is C(/C=C/c1ccco1)=Nn1cnnc1. The largest absolute Gasteiger partial charge is 0.465 e. The third kappa shape index (κ3) is 2.16. The van der Waals surface area contributed by atoms with E-state index in [9.17, 15) is 0 Å². The molecule has 0 aliphatic heterocycles. The molecule has 0 amide bonds. The predicted octanol–water partition coefficient (Wildman–Crippen LogP) is 1.42. The summed E-state index contributed by atoms with van der Waals surface area (Å²) in [6.45, 7) is 0. The molecule has 0 saturated heterocycles. The van der Waals surface area contributed by atoms with Crippen molar-refractivity contribution in [3.63, 3.8) is 0 Å². The number of allylic oxidation sites excluding steroid dienone is 1. The summed E-state index contributed by atoms with van der Waals surface area (Å²) < 4.78 is 6.60. The van der Waals surface area contributed by atoms with Crippen LogP contribution in [0.2, 0.25) is 0 Å². The molecule has 5 nitrogen and oxygen atoms in total. The lowest BCUT2D eigenvalue weighted by Crippen LogP contribution is -1.81. The summed E-state index contributed by atoms with van der Waals surface area (Å²) >= 11 is 0. The Morgan fingerprint density at radius 2 is 2.21 bits per heavy atom. The summed E-state index contributed by atoms with van der Waals surface area (Å²) in [6.07, 6.45) is 9.86. The van der Waals surface area contributed by atoms with Crippen molar-refractivity contribution in [1.82, 2.24) is 14.9 Å². The molecule has 0 fully saturated rings. The van der Waals surface area contributed by atoms with Crippen molar-refractivity contribution in [2.45, 2.75) is 0 Å². The number of rotatable bonds is 3. The molecular formula is C9H8N4O. The summed E-state index contributed by atoms with van der Waals surface area (Å²) in [5.41, 5.74) is 0. The van der Waals surface area contributed by atoms with E-state index in [4.69, 9.17) is 4.42 Å². The lowest BCUT2D eigenvalue weighted by Gasteiger charge is -1.84. The zero-order valence-electron chi connectivity index (χ0n) is 7.32. The molecule has 2 aromatic heterocycles. The Morgan fingerprint density at radius 3 is 2.93 bits per heavy atom. The van der Waals surface area contributed by atoms with Gasteiger partial charge in [0.1, 0.15) is 18.4 Å². The van der Waals surface area contributed by atoms with Crippen molar-refractivity contribution in [2.75, 3.05) is 0 Å². The third-order valence-electron chi connectivity index (χ3n) is 1.50. The van der Waals surface area contributed by atoms with Gasteiger partial charge in [-0.2, -0.15) is 5.10 Å². The van der Waals surface area contributed by atoms with Crippen LogP contribution in [0.3, 0.4) is 0 Å². The summed E-state index contributed by atoms with van der Waals surface area (Å²) in [7, 11) is 0. The highest BCUT2D eigenvalue weighted by molar-refractivity contribution is 5.77. The van der Waals surface area contributed by atoms with Gasteiger partial charge in [0.2, 0.25) is 0 Å². The second-order valence-electron chi connectivity index (χ2n) is 2.48. The van der Waals surface area contributed by atoms with E-state index in [0.29, 0.717) is 0 Å². The van der Waals surface area contributed by atoms with Gasteiger partial charge in [-0.05, 0) is 24.3 Å². The zero-order chi connectivity index (χ0) is 9.64. The molecule has 14 heavy (non-hydrogen) atoms. The summed E-state index contributed by atoms with van der Waals surface area (Å²) in [4.78, 5) is 0. The Hall–Kier alpha value is -2.17. The quantitative estimate of drug-likeness (QED) is 0.684. The molecule has 0 aliphatic carbocycles. The van der Waals surface area contributed by atoms with Crippen molar-refractivity contribution in [1.29, 1.82) is 0 Å². The van der Waals surface area contributed by atoms with E-state index < -0.39 is 0 Å². The molecule has 0 radical (unpaired) electrons. The van der Waals surface area contributed by atoms with E-state index in [0.717, 1.165) is 5.76 Å². The van der Waals surface area contributed by atoms with Gasteiger partial charge in [0.05, 0.1) is 6.26 Å². The number of hydrogen-bond acceptors (Lipinski definition) is 4. The van der Waals surface area contributed by atoms with Crippen molar-refractivity contribution >= 4 is 12.3 Å². The first kappa shape index (κ1) is 8.43. The maximum Gasteiger partial charge on any atom is 0.141 e. The van der Waals surface area contributed by atoms with E-state index in [1.807, 2.05) is 18.2 Å². The zero-order valence-corrected chi connectivity index (χ0v) is 7.32. The predicted molar refractivity (Wildman–Crippen MR) is 51.7 cm³/mol. The second-order valence-corrected chi connectivity index (χ2v) is 2.48. The molecule has 0 aliphatic rings. The van der Waals surface area contributed by atoms with Gasteiger partial charge < -0.3 is 4.42 Å². The Morgan fingerprint density at radius 1 is 1.36 bits per heavy atom. The smallest absolute Gasteiger partial charge is 0.141 e. The Labute approximate surface area is 80.4 Å². The van der Waals surface area contributed by atoms with Crippen LogP contribution in [-0.2, 0) is 0 Å². The van der Waals surface area contributed by atoms with Gasteiger partial charge in [-0.25, -0.2) is 4.68 Å². The van der Waals surface area contributed by atoms with Crippen LogP contribution in [0.5, 0.6) is 0 Å². The van der Waals surface area contributed by atoms with Gasteiger partial charge >= 0.3 is 0 Å². The van der Waals surface area contributed by atoms with Gasteiger partial charge in [-0.1, -0.05) is 0 Å². The van der Waals surface area contributed by atoms with Crippen molar-refractivity contribution < 1.29 is 4.42 Å². The third-order valence-corrected chi connectivity index (χ3v) is 1.50. The molecule has 0 bridgehead atoms. The first-order chi connectivity index (χ1) is 6.95. The Balaban J connectivity index is 1.94. The lowest BCUT2D eigenvalue weighted by molar-refractivity contribution is 0.557. The minimum atomic E-state index is 0.792. The number of aromatic nitrogens is 3. The summed E-state index contributed by atoms with van der Waals surface area (Å²) in [5, 5.41) is 11.2. The van der Waals surface area contributed by atoms with Crippen LogP contribution in [0.15, 0.2) is 46.6 Å². The van der Waals surface area contributed by atoms with Gasteiger partial charge in [0.15, 0.2) is 0 Å². The van der Waals surface area contributed by atoms with E-state index in [1.54, 1.807) is 18.6 Å². The fraction of sp³-hybridized carbons (Fsp3) is 0. The fourth-order valence-electron chi connectivity index (χ4n) is 0.894. The highest BCUT2D eigenvalue weighted by Crippen LogP contribution is 2.00. The molecule has 2 heterocycles. The molecule has 0 unspecified atom stereocenters. The van der Waals surface area contributed by atoms with E-state index in [1.165, 1.54) is 17.3 Å². The van der Waals surface area contributed by atoms with Crippen LogP contribution in [-0.4, -0.2) is 21.1 Å². The molecule has 2 aromatic rings. The van der Waals surface area contributed by atoms with Crippen LogP contribution in [0.25, 0.3) is 6.08 Å². The Bertz CT molecular complexity index is 371. The number of furan rings is 1. The first-order valence-corrected chi connectivity index (χ1v) is 4.04. The number of nitrogens with zero attached hydrogens (tertiary/aromatic N) is 4. The van der Waals surface area contributed by atoms with Crippen LogP contribution >= 0.6 is 0 Å². The van der Waals surface area contributed by atoms with E-state index in [-0.39, 0.29) is 0 Å². The van der Waals surface area contributed by atoms with Crippen molar-refractivity contribution in [3.05, 3.63) is 42.9 Å². The molecule has 0 saturated carbocycles. The summed E-state index contributed by atoms with van der Waals surface area (Å²) in [5.74, 6) is 0.792. The van der Waals surface area contributed by atoms with Crippen molar-refractivity contribution in [3.8, 4) is 0 Å². The molecule has 0 aromatic carbocycles. The van der Waals surface area contributed by atoms with E-state index in [2.05, 4.69) is 15.3 Å². The molecule has 0 N–H and O–H groups in total. The summed E-state index contributed by atoms with van der Waals surface area (Å²) in [6, 6.07) is 3.69. The minimum absolute atomic E-state index is 0.792. The molecule has 70 valence electrons. The Kier molecular flexibility index (Phi) is 2.51. The van der Waals surface area contributed by atoms with Crippen LogP contribution in [0.4, 0.5) is 0 Å². The number of hydrogen-bond donors (Lipinski definition) is 0. The average molecular weight is 188 g/mol. The van der Waals surface area contributed by atoms with Gasteiger partial charge in [0.25, 0.3) is 0 Å². The molecule has 0 spiro atoms. The van der Waals surface area contributed by atoms with Gasteiger partial charge in [-0.15, -0.1) is 10.2 Å². The highest BCUT2D eigenvalue weighted by atomic mass is 16.3. The maximum absolute atomic E-state index is 5.09. The van der Waals surface area contributed by atoms with Gasteiger partial charge in [-0.3, -0.25) is 0 Å².